The Morgan fingerprint density at radius 2 is 1.73 bits per heavy atom. The third-order valence-corrected chi connectivity index (χ3v) is 4.65. The van der Waals surface area contributed by atoms with Crippen molar-refractivity contribution in [2.75, 3.05) is 11.9 Å². The molecule has 2 aromatic carbocycles. The van der Waals surface area contributed by atoms with E-state index in [9.17, 15) is 9.59 Å². The molecule has 1 saturated heterocycles. The quantitative estimate of drug-likeness (QED) is 0.864. The summed E-state index contributed by atoms with van der Waals surface area (Å²) >= 11 is 0. The summed E-state index contributed by atoms with van der Waals surface area (Å²) in [6.45, 7) is 1.16. The molecule has 4 heteroatoms. The smallest absolute Gasteiger partial charge is 0.244 e. The first-order valence-corrected chi connectivity index (χ1v) is 7.46. The van der Waals surface area contributed by atoms with Crippen LogP contribution >= 0.6 is 0 Å². The fraction of sp³-hybridized carbons (Fsp3) is 0.222. The predicted molar refractivity (Wildman–Crippen MR) is 83.2 cm³/mol. The molecule has 0 aliphatic carbocycles. The maximum Gasteiger partial charge on any atom is 0.244 e. The average molecular weight is 292 g/mol. The average Bonchev–Trinajstić information content (AvgIpc) is 3.02. The van der Waals surface area contributed by atoms with Crippen molar-refractivity contribution >= 4 is 17.5 Å². The molecule has 1 spiro atoms. The molecule has 2 amide bonds. The number of nitrogens with one attached hydrogen (secondary N) is 1. The number of anilines is 1. The number of likely N-dealkylation sites (tertiary alicyclic amines) is 1. The number of nitrogens with zero attached hydrogens (tertiary/aromatic N) is 1. The molecule has 4 nitrogen and oxygen atoms in total. The number of rotatable bonds is 2. The summed E-state index contributed by atoms with van der Waals surface area (Å²) in [5.74, 6) is -0.270. The molecule has 2 heterocycles. The van der Waals surface area contributed by atoms with Crippen LogP contribution in [-0.2, 0) is 21.5 Å². The number of hydrogen-bond donors (Lipinski definition) is 1. The van der Waals surface area contributed by atoms with E-state index in [0.717, 1.165) is 16.8 Å². The van der Waals surface area contributed by atoms with Gasteiger partial charge in [-0.25, -0.2) is 0 Å². The highest BCUT2D eigenvalue weighted by molar-refractivity contribution is 6.21. The van der Waals surface area contributed by atoms with Gasteiger partial charge in [-0.05, 0) is 18.1 Å². The van der Waals surface area contributed by atoms with Crippen molar-refractivity contribution in [3.05, 3.63) is 65.7 Å². The van der Waals surface area contributed by atoms with Crippen LogP contribution in [0.4, 0.5) is 5.69 Å². The van der Waals surface area contributed by atoms with E-state index in [1.54, 1.807) is 4.90 Å². The van der Waals surface area contributed by atoms with Crippen LogP contribution in [0.25, 0.3) is 0 Å². The fourth-order valence-corrected chi connectivity index (χ4v) is 3.51. The maximum atomic E-state index is 13.0. The van der Waals surface area contributed by atoms with Crippen molar-refractivity contribution in [1.29, 1.82) is 0 Å². The van der Waals surface area contributed by atoms with Crippen LogP contribution in [0.1, 0.15) is 17.5 Å². The topological polar surface area (TPSA) is 49.4 Å². The van der Waals surface area contributed by atoms with Crippen LogP contribution in [0, 0.1) is 0 Å². The second-order valence-electron chi connectivity index (χ2n) is 5.87. The number of amides is 2. The number of fused-ring (bicyclic) bond motifs is 2. The van der Waals surface area contributed by atoms with Crippen LogP contribution in [0.15, 0.2) is 54.6 Å². The number of carbonyl (C=O) groups is 2. The highest BCUT2D eigenvalue weighted by atomic mass is 16.2. The molecule has 2 aliphatic heterocycles. The molecule has 0 aromatic heterocycles. The third kappa shape index (κ3) is 1.70. The van der Waals surface area contributed by atoms with Gasteiger partial charge < -0.3 is 10.2 Å². The van der Waals surface area contributed by atoms with E-state index in [-0.39, 0.29) is 11.8 Å². The molecule has 1 N–H and O–H groups in total. The Hall–Kier alpha value is -2.62. The molecular formula is C18H16N2O2. The van der Waals surface area contributed by atoms with Crippen LogP contribution in [0.3, 0.4) is 0 Å². The van der Waals surface area contributed by atoms with E-state index >= 15 is 0 Å². The van der Waals surface area contributed by atoms with Crippen molar-refractivity contribution in [2.45, 2.75) is 18.4 Å². The summed E-state index contributed by atoms with van der Waals surface area (Å²) in [6.07, 6.45) is 0.543. The summed E-state index contributed by atoms with van der Waals surface area (Å²) < 4.78 is 0. The molecule has 22 heavy (non-hydrogen) atoms. The maximum absolute atomic E-state index is 13.0. The molecule has 0 unspecified atom stereocenters. The van der Waals surface area contributed by atoms with E-state index in [2.05, 4.69) is 5.32 Å². The van der Waals surface area contributed by atoms with Crippen molar-refractivity contribution in [3.63, 3.8) is 0 Å². The van der Waals surface area contributed by atoms with Gasteiger partial charge in [0.1, 0.15) is 0 Å². The molecule has 2 aliphatic rings. The standard InChI is InChI=1S/C18H16N2O2/c21-16-18(14-8-4-5-9-15(14)19-16)10-11-20(17(18)22)12-13-6-2-1-3-7-13/h1-9H,10-12H2,(H,19,21)/t18-/m1/s1. The van der Waals surface area contributed by atoms with Gasteiger partial charge >= 0.3 is 0 Å². The van der Waals surface area contributed by atoms with E-state index in [1.165, 1.54) is 0 Å². The largest absolute Gasteiger partial charge is 0.337 e. The first-order valence-electron chi connectivity index (χ1n) is 7.46. The van der Waals surface area contributed by atoms with Gasteiger partial charge in [0.15, 0.2) is 5.41 Å². The van der Waals surface area contributed by atoms with Crippen molar-refractivity contribution in [3.8, 4) is 0 Å². The van der Waals surface area contributed by atoms with Crippen LogP contribution in [-0.4, -0.2) is 23.3 Å². The van der Waals surface area contributed by atoms with Gasteiger partial charge in [0.25, 0.3) is 0 Å². The van der Waals surface area contributed by atoms with Crippen LogP contribution in [0.2, 0.25) is 0 Å². The summed E-state index contributed by atoms with van der Waals surface area (Å²) in [4.78, 5) is 27.3. The van der Waals surface area contributed by atoms with E-state index in [0.29, 0.717) is 19.5 Å². The zero-order chi connectivity index (χ0) is 15.2. The number of para-hydroxylation sites is 1. The summed E-state index contributed by atoms with van der Waals surface area (Å²) in [6, 6.07) is 17.4. The van der Waals surface area contributed by atoms with E-state index in [4.69, 9.17) is 0 Å². The third-order valence-electron chi connectivity index (χ3n) is 4.65. The van der Waals surface area contributed by atoms with Crippen LogP contribution in [0.5, 0.6) is 0 Å². The lowest BCUT2D eigenvalue weighted by Crippen LogP contribution is -2.42. The highest BCUT2D eigenvalue weighted by Crippen LogP contribution is 2.45. The molecule has 110 valence electrons. The minimum absolute atomic E-state index is 0.0844. The van der Waals surface area contributed by atoms with Gasteiger partial charge in [0, 0.05) is 24.3 Å². The Labute approximate surface area is 128 Å². The Morgan fingerprint density at radius 3 is 2.55 bits per heavy atom. The Kier molecular flexibility index (Phi) is 2.79. The molecule has 1 fully saturated rings. The second kappa shape index (κ2) is 4.70. The molecule has 1 atom stereocenters. The number of carbonyl (C=O) groups excluding carboxylic acids is 2. The van der Waals surface area contributed by atoms with Crippen molar-refractivity contribution in [1.82, 2.24) is 4.90 Å². The first-order chi connectivity index (χ1) is 10.7. The molecule has 0 bridgehead atoms. The summed E-state index contributed by atoms with van der Waals surface area (Å²) in [5.41, 5.74) is 1.65. The minimum Gasteiger partial charge on any atom is -0.337 e. The molecule has 4 rings (SSSR count). The van der Waals surface area contributed by atoms with Gasteiger partial charge in [-0.1, -0.05) is 48.5 Å². The molecule has 0 radical (unpaired) electrons. The molecule has 2 aromatic rings. The van der Waals surface area contributed by atoms with Gasteiger partial charge in [-0.3, -0.25) is 9.59 Å². The fourth-order valence-electron chi connectivity index (χ4n) is 3.51. The number of benzene rings is 2. The van der Waals surface area contributed by atoms with E-state index < -0.39 is 5.41 Å². The summed E-state index contributed by atoms with van der Waals surface area (Å²) in [7, 11) is 0. The minimum atomic E-state index is -1.02. The Morgan fingerprint density at radius 1 is 1.00 bits per heavy atom. The molecular weight excluding hydrogens is 276 g/mol. The van der Waals surface area contributed by atoms with Gasteiger partial charge in [0.05, 0.1) is 0 Å². The van der Waals surface area contributed by atoms with Crippen LogP contribution < -0.4 is 5.32 Å². The number of hydrogen-bond acceptors (Lipinski definition) is 2. The lowest BCUT2D eigenvalue weighted by Gasteiger charge is -2.21. The summed E-state index contributed by atoms with van der Waals surface area (Å²) in [5, 5.41) is 2.86. The SMILES string of the molecule is O=C1Nc2ccccc2[C@]12CCN(Cc1ccccc1)C2=O. The second-order valence-corrected chi connectivity index (χ2v) is 5.87. The van der Waals surface area contributed by atoms with Gasteiger partial charge in [-0.15, -0.1) is 0 Å². The predicted octanol–water partition coefficient (Wildman–Crippen LogP) is 2.31. The van der Waals surface area contributed by atoms with Gasteiger partial charge in [0.2, 0.25) is 11.8 Å². The lowest BCUT2D eigenvalue weighted by molar-refractivity contribution is -0.137. The van der Waals surface area contributed by atoms with Crippen molar-refractivity contribution < 1.29 is 9.59 Å². The van der Waals surface area contributed by atoms with Crippen molar-refractivity contribution in [2.24, 2.45) is 0 Å². The first kappa shape index (κ1) is 13.1. The lowest BCUT2D eigenvalue weighted by atomic mass is 9.80. The molecule has 0 saturated carbocycles. The Balaban J connectivity index is 1.68. The zero-order valence-electron chi connectivity index (χ0n) is 12.1. The van der Waals surface area contributed by atoms with Gasteiger partial charge in [-0.2, -0.15) is 0 Å². The monoisotopic (exact) mass is 292 g/mol. The Bertz CT molecular complexity index is 757. The highest BCUT2D eigenvalue weighted by Gasteiger charge is 2.57. The zero-order valence-corrected chi connectivity index (χ0v) is 12.1. The van der Waals surface area contributed by atoms with E-state index in [1.807, 2.05) is 54.6 Å². The normalized spacial score (nSPS) is 23.0.